The van der Waals surface area contributed by atoms with Crippen LogP contribution < -0.4 is 0 Å². The summed E-state index contributed by atoms with van der Waals surface area (Å²) in [6.45, 7) is 1.92. The normalized spacial score (nSPS) is 10.7. The average Bonchev–Trinajstić information content (AvgIpc) is 2.27. The van der Waals surface area contributed by atoms with E-state index in [4.69, 9.17) is 11.6 Å². The maximum atomic E-state index is 5.63. The molecule has 11 heavy (non-hydrogen) atoms. The minimum absolute atomic E-state index is 0.418. The Morgan fingerprint density at radius 3 is 3.09 bits per heavy atom. The third kappa shape index (κ3) is 1.19. The quantitative estimate of drug-likeness (QED) is 0.631. The SMILES string of the molecule is Cc1nc2ncc(Cl)nc2s1. The van der Waals surface area contributed by atoms with Crippen LogP contribution in [0.1, 0.15) is 5.01 Å². The largest absolute Gasteiger partial charge is 0.231 e. The lowest BCUT2D eigenvalue weighted by Gasteiger charge is -1.85. The van der Waals surface area contributed by atoms with Crippen molar-refractivity contribution in [3.05, 3.63) is 16.4 Å². The standard InChI is InChI=1S/C6H4ClN3S/c1-3-9-5-6(11-3)10-4(7)2-8-5/h2H,1H3. The van der Waals surface area contributed by atoms with Crippen molar-refractivity contribution in [2.45, 2.75) is 6.92 Å². The Kier molecular flexibility index (Phi) is 1.51. The van der Waals surface area contributed by atoms with Gasteiger partial charge in [-0.15, -0.1) is 0 Å². The van der Waals surface area contributed by atoms with Gasteiger partial charge in [0.2, 0.25) is 0 Å². The van der Waals surface area contributed by atoms with Crippen LogP contribution in [0.5, 0.6) is 0 Å². The Balaban J connectivity index is 2.82. The van der Waals surface area contributed by atoms with Crippen LogP contribution in [0.25, 0.3) is 10.5 Å². The van der Waals surface area contributed by atoms with E-state index in [2.05, 4.69) is 15.0 Å². The summed E-state index contributed by atoms with van der Waals surface area (Å²) in [7, 11) is 0. The van der Waals surface area contributed by atoms with Crippen LogP contribution >= 0.6 is 22.9 Å². The topological polar surface area (TPSA) is 38.7 Å². The molecular weight excluding hydrogens is 182 g/mol. The predicted molar refractivity (Wildman–Crippen MR) is 45.0 cm³/mol. The van der Waals surface area contributed by atoms with Gasteiger partial charge in [-0.05, 0) is 6.92 Å². The molecule has 2 aromatic heterocycles. The van der Waals surface area contributed by atoms with E-state index >= 15 is 0 Å². The number of thiazole rings is 1. The summed E-state index contributed by atoms with van der Waals surface area (Å²) < 4.78 is 0. The molecule has 0 aliphatic rings. The van der Waals surface area contributed by atoms with Crippen LogP contribution in [-0.4, -0.2) is 15.0 Å². The van der Waals surface area contributed by atoms with Gasteiger partial charge in [-0.2, -0.15) is 0 Å². The molecule has 0 bridgehead atoms. The van der Waals surface area contributed by atoms with E-state index in [1.807, 2.05) is 6.92 Å². The van der Waals surface area contributed by atoms with Gasteiger partial charge in [-0.3, -0.25) is 0 Å². The number of halogens is 1. The van der Waals surface area contributed by atoms with Crippen molar-refractivity contribution in [1.82, 2.24) is 15.0 Å². The maximum Gasteiger partial charge on any atom is 0.189 e. The smallest absolute Gasteiger partial charge is 0.189 e. The van der Waals surface area contributed by atoms with Gasteiger partial charge in [-0.25, -0.2) is 15.0 Å². The number of rotatable bonds is 0. The van der Waals surface area contributed by atoms with E-state index < -0.39 is 0 Å². The molecule has 0 saturated carbocycles. The van der Waals surface area contributed by atoms with Crippen LogP contribution in [0.3, 0.4) is 0 Å². The lowest BCUT2D eigenvalue weighted by molar-refractivity contribution is 1.23. The summed E-state index contributed by atoms with van der Waals surface area (Å²) in [6, 6.07) is 0. The molecule has 2 heterocycles. The fourth-order valence-electron chi connectivity index (χ4n) is 0.803. The zero-order chi connectivity index (χ0) is 7.84. The lowest BCUT2D eigenvalue weighted by Crippen LogP contribution is -1.79. The summed E-state index contributed by atoms with van der Waals surface area (Å²) in [5, 5.41) is 1.38. The van der Waals surface area contributed by atoms with Crippen molar-refractivity contribution in [1.29, 1.82) is 0 Å². The van der Waals surface area contributed by atoms with Crippen molar-refractivity contribution in [2.24, 2.45) is 0 Å². The summed E-state index contributed by atoms with van der Waals surface area (Å²) in [6.07, 6.45) is 1.50. The van der Waals surface area contributed by atoms with Crippen LogP contribution in [-0.2, 0) is 0 Å². The van der Waals surface area contributed by atoms with Crippen LogP contribution in [0, 0.1) is 6.92 Å². The van der Waals surface area contributed by atoms with E-state index in [1.165, 1.54) is 17.5 Å². The van der Waals surface area contributed by atoms with E-state index in [0.717, 1.165) is 9.84 Å². The molecule has 0 atom stereocenters. The number of fused-ring (bicyclic) bond motifs is 1. The molecule has 0 fully saturated rings. The third-order valence-electron chi connectivity index (χ3n) is 1.20. The van der Waals surface area contributed by atoms with Gasteiger partial charge in [0.1, 0.15) is 5.15 Å². The summed E-state index contributed by atoms with van der Waals surface area (Å²) in [5.41, 5.74) is 0.678. The molecule has 0 unspecified atom stereocenters. The fraction of sp³-hybridized carbons (Fsp3) is 0.167. The number of aryl methyl sites for hydroxylation is 1. The van der Waals surface area contributed by atoms with E-state index in [9.17, 15) is 0 Å². The molecule has 0 saturated heterocycles. The van der Waals surface area contributed by atoms with Crippen molar-refractivity contribution >= 4 is 33.4 Å². The highest BCUT2D eigenvalue weighted by Crippen LogP contribution is 2.18. The van der Waals surface area contributed by atoms with Gasteiger partial charge in [0.15, 0.2) is 10.5 Å². The van der Waals surface area contributed by atoms with Gasteiger partial charge >= 0.3 is 0 Å². The Morgan fingerprint density at radius 2 is 2.27 bits per heavy atom. The number of aromatic nitrogens is 3. The predicted octanol–water partition coefficient (Wildman–Crippen LogP) is 2.05. The number of hydrogen-bond donors (Lipinski definition) is 0. The van der Waals surface area contributed by atoms with Crippen LogP contribution in [0.4, 0.5) is 0 Å². The molecule has 0 spiro atoms. The first-order valence-corrected chi connectivity index (χ1v) is 4.21. The molecule has 0 aromatic carbocycles. The molecule has 2 aromatic rings. The van der Waals surface area contributed by atoms with Crippen molar-refractivity contribution < 1.29 is 0 Å². The van der Waals surface area contributed by atoms with Gasteiger partial charge in [0, 0.05) is 0 Å². The maximum absolute atomic E-state index is 5.63. The average molecular weight is 186 g/mol. The summed E-state index contributed by atoms with van der Waals surface area (Å²) >= 11 is 7.13. The van der Waals surface area contributed by atoms with Gasteiger partial charge < -0.3 is 0 Å². The van der Waals surface area contributed by atoms with Crippen molar-refractivity contribution in [3.8, 4) is 0 Å². The minimum atomic E-state index is 0.418. The molecule has 5 heteroatoms. The van der Waals surface area contributed by atoms with Gasteiger partial charge in [-0.1, -0.05) is 22.9 Å². The monoisotopic (exact) mass is 185 g/mol. The molecule has 0 N–H and O–H groups in total. The fourth-order valence-corrected chi connectivity index (χ4v) is 1.73. The number of nitrogens with zero attached hydrogens (tertiary/aromatic N) is 3. The van der Waals surface area contributed by atoms with Crippen molar-refractivity contribution in [2.75, 3.05) is 0 Å². The Labute approximate surface area is 72.1 Å². The van der Waals surface area contributed by atoms with E-state index in [0.29, 0.717) is 10.8 Å². The second-order valence-corrected chi connectivity index (χ2v) is 3.62. The second kappa shape index (κ2) is 2.39. The first-order valence-electron chi connectivity index (χ1n) is 3.01. The third-order valence-corrected chi connectivity index (χ3v) is 2.24. The van der Waals surface area contributed by atoms with Crippen LogP contribution in [0.15, 0.2) is 6.20 Å². The number of hydrogen-bond acceptors (Lipinski definition) is 4. The highest BCUT2D eigenvalue weighted by molar-refractivity contribution is 7.18. The Morgan fingerprint density at radius 1 is 1.45 bits per heavy atom. The second-order valence-electron chi connectivity index (χ2n) is 2.05. The molecule has 2 rings (SSSR count). The minimum Gasteiger partial charge on any atom is -0.231 e. The Bertz CT molecular complexity index is 398. The van der Waals surface area contributed by atoms with Gasteiger partial charge in [0.25, 0.3) is 0 Å². The van der Waals surface area contributed by atoms with Crippen LogP contribution in [0.2, 0.25) is 5.15 Å². The summed E-state index contributed by atoms with van der Waals surface area (Å²) in [4.78, 5) is 13.0. The van der Waals surface area contributed by atoms with Gasteiger partial charge in [0.05, 0.1) is 11.2 Å². The zero-order valence-corrected chi connectivity index (χ0v) is 7.28. The molecular formula is C6H4ClN3S. The summed E-state index contributed by atoms with van der Waals surface area (Å²) in [5.74, 6) is 0. The Hall–Kier alpha value is -0.740. The molecule has 0 radical (unpaired) electrons. The molecule has 0 amide bonds. The first kappa shape index (κ1) is 6.94. The lowest BCUT2D eigenvalue weighted by atomic mass is 10.7. The highest BCUT2D eigenvalue weighted by atomic mass is 35.5. The first-order chi connectivity index (χ1) is 5.25. The van der Waals surface area contributed by atoms with E-state index in [-0.39, 0.29) is 0 Å². The zero-order valence-electron chi connectivity index (χ0n) is 5.71. The molecule has 0 aliphatic carbocycles. The molecule has 3 nitrogen and oxygen atoms in total. The molecule has 56 valence electrons. The van der Waals surface area contributed by atoms with Crippen molar-refractivity contribution in [3.63, 3.8) is 0 Å². The van der Waals surface area contributed by atoms with E-state index in [1.54, 1.807) is 0 Å². The molecule has 0 aliphatic heterocycles. The highest BCUT2D eigenvalue weighted by Gasteiger charge is 2.02.